The minimum Gasteiger partial charge on any atom is -0.497 e. The third-order valence-electron chi connectivity index (χ3n) is 3.39. The quantitative estimate of drug-likeness (QED) is 0.614. The number of carbonyl (C=O) groups is 1. The van der Waals surface area contributed by atoms with Gasteiger partial charge in [0.15, 0.2) is 0 Å². The molecule has 118 valence electrons. The molecule has 0 atom stereocenters. The van der Waals surface area contributed by atoms with Crippen molar-refractivity contribution in [1.82, 2.24) is 0 Å². The summed E-state index contributed by atoms with van der Waals surface area (Å²) in [6.45, 7) is 8.35. The average Bonchev–Trinajstić information content (AvgIpc) is 3.00. The molecular formula is C18H22O4. The number of rotatable bonds is 5. The maximum atomic E-state index is 12.4. The Balaban J connectivity index is 2.33. The maximum Gasteiger partial charge on any atom is 0.342 e. The summed E-state index contributed by atoms with van der Waals surface area (Å²) in [5.74, 6) is 1.05. The zero-order valence-corrected chi connectivity index (χ0v) is 13.3. The Morgan fingerprint density at radius 1 is 1.27 bits per heavy atom. The van der Waals surface area contributed by atoms with E-state index in [1.54, 1.807) is 7.11 Å². The molecule has 1 aromatic rings. The highest BCUT2D eigenvalue weighted by molar-refractivity contribution is 6.06. The van der Waals surface area contributed by atoms with Gasteiger partial charge in [-0.1, -0.05) is 18.7 Å². The number of methoxy groups -OCH3 is 1. The van der Waals surface area contributed by atoms with Gasteiger partial charge < -0.3 is 14.2 Å². The van der Waals surface area contributed by atoms with E-state index in [0.717, 1.165) is 24.2 Å². The first-order valence-electron chi connectivity index (χ1n) is 7.43. The van der Waals surface area contributed by atoms with Gasteiger partial charge in [-0.25, -0.2) is 4.79 Å². The Bertz CT molecular complexity index is 574. The number of carbonyl (C=O) groups excluding carboxylic acids is 1. The summed E-state index contributed by atoms with van der Waals surface area (Å²) in [6, 6.07) is 7.43. The molecule has 0 radical (unpaired) electrons. The average molecular weight is 302 g/mol. The summed E-state index contributed by atoms with van der Waals surface area (Å²) < 4.78 is 16.1. The summed E-state index contributed by atoms with van der Waals surface area (Å²) in [5, 5.41) is 0. The molecule has 22 heavy (non-hydrogen) atoms. The highest BCUT2D eigenvalue weighted by atomic mass is 16.5. The first kappa shape index (κ1) is 16.1. The maximum absolute atomic E-state index is 12.4. The Labute approximate surface area is 131 Å². The molecule has 1 aliphatic heterocycles. The fourth-order valence-corrected chi connectivity index (χ4v) is 2.31. The van der Waals surface area contributed by atoms with Crippen molar-refractivity contribution in [2.75, 3.05) is 13.7 Å². The Morgan fingerprint density at radius 3 is 2.45 bits per heavy atom. The van der Waals surface area contributed by atoms with Crippen molar-refractivity contribution in [3.8, 4) is 5.75 Å². The van der Waals surface area contributed by atoms with Crippen LogP contribution in [0.4, 0.5) is 0 Å². The molecule has 4 nitrogen and oxygen atoms in total. The van der Waals surface area contributed by atoms with Crippen LogP contribution in [-0.2, 0) is 14.3 Å². The SMILES string of the molecule is C=C(/C(C(=O)OC(C)C)=C1/CCCO1)c1ccc(OC)cc1. The first-order valence-corrected chi connectivity index (χ1v) is 7.43. The smallest absolute Gasteiger partial charge is 0.342 e. The van der Waals surface area contributed by atoms with E-state index >= 15 is 0 Å². The van der Waals surface area contributed by atoms with E-state index in [0.29, 0.717) is 23.5 Å². The third kappa shape index (κ3) is 3.70. The Kier molecular flexibility index (Phi) is 5.26. The van der Waals surface area contributed by atoms with Gasteiger partial charge in [0.05, 0.1) is 19.8 Å². The van der Waals surface area contributed by atoms with Crippen LogP contribution >= 0.6 is 0 Å². The second-order valence-electron chi connectivity index (χ2n) is 5.41. The minimum atomic E-state index is -0.382. The molecule has 0 spiro atoms. The van der Waals surface area contributed by atoms with Crippen LogP contribution in [0.15, 0.2) is 42.2 Å². The van der Waals surface area contributed by atoms with Crippen LogP contribution in [0, 0.1) is 0 Å². The van der Waals surface area contributed by atoms with E-state index in [4.69, 9.17) is 14.2 Å². The van der Waals surface area contributed by atoms with E-state index in [1.165, 1.54) is 0 Å². The van der Waals surface area contributed by atoms with E-state index in [2.05, 4.69) is 6.58 Å². The van der Waals surface area contributed by atoms with Crippen LogP contribution in [-0.4, -0.2) is 25.8 Å². The fourth-order valence-electron chi connectivity index (χ4n) is 2.31. The molecule has 0 aliphatic carbocycles. The van der Waals surface area contributed by atoms with Gasteiger partial charge in [0.2, 0.25) is 0 Å². The highest BCUT2D eigenvalue weighted by Gasteiger charge is 2.25. The van der Waals surface area contributed by atoms with Gasteiger partial charge in [-0.2, -0.15) is 0 Å². The zero-order valence-electron chi connectivity index (χ0n) is 13.3. The minimum absolute atomic E-state index is 0.187. The molecule has 4 heteroatoms. The molecule has 1 saturated heterocycles. The molecule has 0 bridgehead atoms. The lowest BCUT2D eigenvalue weighted by Gasteiger charge is -2.15. The molecule has 2 rings (SSSR count). The van der Waals surface area contributed by atoms with Crippen molar-refractivity contribution in [2.24, 2.45) is 0 Å². The summed E-state index contributed by atoms with van der Waals surface area (Å²) in [5.41, 5.74) is 1.90. The van der Waals surface area contributed by atoms with Gasteiger partial charge in [0.1, 0.15) is 17.1 Å². The van der Waals surface area contributed by atoms with Crippen molar-refractivity contribution < 1.29 is 19.0 Å². The van der Waals surface area contributed by atoms with Crippen LogP contribution < -0.4 is 4.74 Å². The van der Waals surface area contributed by atoms with Crippen molar-refractivity contribution >= 4 is 11.5 Å². The fraction of sp³-hybridized carbons (Fsp3) is 0.389. The molecule has 0 saturated carbocycles. The van der Waals surface area contributed by atoms with Crippen LogP contribution in [0.5, 0.6) is 5.75 Å². The Hall–Kier alpha value is -2.23. The van der Waals surface area contributed by atoms with Crippen LogP contribution in [0.3, 0.4) is 0 Å². The van der Waals surface area contributed by atoms with E-state index in [9.17, 15) is 4.79 Å². The van der Waals surface area contributed by atoms with Crippen LogP contribution in [0.2, 0.25) is 0 Å². The summed E-state index contributed by atoms with van der Waals surface area (Å²) in [6.07, 6.45) is 1.45. The zero-order chi connectivity index (χ0) is 16.1. The van der Waals surface area contributed by atoms with Crippen LogP contribution in [0.25, 0.3) is 5.57 Å². The van der Waals surface area contributed by atoms with E-state index < -0.39 is 0 Å². The molecule has 1 fully saturated rings. The van der Waals surface area contributed by atoms with Crippen molar-refractivity contribution in [3.63, 3.8) is 0 Å². The standard InChI is InChI=1S/C18H22O4/c1-12(2)22-18(19)17(16-6-5-11-21-16)13(3)14-7-9-15(20-4)10-8-14/h7-10,12H,3,5-6,11H2,1-2,4H3/b17-16+. The molecule has 0 unspecified atom stereocenters. The predicted octanol–water partition coefficient (Wildman–Crippen LogP) is 3.72. The topological polar surface area (TPSA) is 44.8 Å². The van der Waals surface area contributed by atoms with Crippen LogP contribution in [0.1, 0.15) is 32.3 Å². The lowest BCUT2D eigenvalue weighted by atomic mass is 9.97. The summed E-state index contributed by atoms with van der Waals surface area (Å²) in [4.78, 5) is 12.4. The van der Waals surface area contributed by atoms with Gasteiger partial charge >= 0.3 is 5.97 Å². The van der Waals surface area contributed by atoms with Crippen molar-refractivity contribution in [2.45, 2.75) is 32.8 Å². The van der Waals surface area contributed by atoms with Gasteiger partial charge in [-0.15, -0.1) is 0 Å². The molecule has 0 N–H and O–H groups in total. The molecule has 1 aromatic carbocycles. The largest absolute Gasteiger partial charge is 0.497 e. The first-order chi connectivity index (χ1) is 10.5. The predicted molar refractivity (Wildman–Crippen MR) is 85.5 cm³/mol. The number of benzene rings is 1. The molecule has 0 aromatic heterocycles. The lowest BCUT2D eigenvalue weighted by Crippen LogP contribution is -2.16. The normalized spacial score (nSPS) is 16.2. The van der Waals surface area contributed by atoms with E-state index in [-0.39, 0.29) is 12.1 Å². The molecule has 1 heterocycles. The van der Waals surface area contributed by atoms with Gasteiger partial charge in [0.25, 0.3) is 0 Å². The second kappa shape index (κ2) is 7.16. The number of hydrogen-bond acceptors (Lipinski definition) is 4. The Morgan fingerprint density at radius 2 is 1.95 bits per heavy atom. The number of allylic oxidation sites excluding steroid dienone is 1. The number of ether oxygens (including phenoxy) is 3. The monoisotopic (exact) mass is 302 g/mol. The number of esters is 1. The summed E-state index contributed by atoms with van der Waals surface area (Å²) in [7, 11) is 1.61. The third-order valence-corrected chi connectivity index (χ3v) is 3.39. The second-order valence-corrected chi connectivity index (χ2v) is 5.41. The molecular weight excluding hydrogens is 280 g/mol. The van der Waals surface area contributed by atoms with Gasteiger partial charge in [-0.05, 0) is 43.5 Å². The molecule has 0 amide bonds. The lowest BCUT2D eigenvalue weighted by molar-refractivity contribution is -0.142. The van der Waals surface area contributed by atoms with Crippen molar-refractivity contribution in [3.05, 3.63) is 47.7 Å². The highest BCUT2D eigenvalue weighted by Crippen LogP contribution is 2.31. The van der Waals surface area contributed by atoms with E-state index in [1.807, 2.05) is 38.1 Å². The van der Waals surface area contributed by atoms with Gasteiger partial charge in [-0.3, -0.25) is 0 Å². The molecule has 1 aliphatic rings. The number of hydrogen-bond donors (Lipinski definition) is 0. The van der Waals surface area contributed by atoms with Gasteiger partial charge in [0, 0.05) is 6.42 Å². The van der Waals surface area contributed by atoms with Crippen molar-refractivity contribution in [1.29, 1.82) is 0 Å². The summed E-state index contributed by atoms with van der Waals surface area (Å²) >= 11 is 0.